The minimum atomic E-state index is -0.286. The lowest BCUT2D eigenvalue weighted by atomic mass is 9.98. The van der Waals surface area contributed by atoms with Gasteiger partial charge in [0.1, 0.15) is 11.6 Å². The van der Waals surface area contributed by atoms with E-state index in [0.717, 1.165) is 17.0 Å². The molecule has 0 aromatic heterocycles. The monoisotopic (exact) mass is 414 g/mol. The first kappa shape index (κ1) is 18.8. The van der Waals surface area contributed by atoms with Crippen LogP contribution >= 0.6 is 23.2 Å². The van der Waals surface area contributed by atoms with E-state index < -0.39 is 0 Å². The summed E-state index contributed by atoms with van der Waals surface area (Å²) in [6.45, 7) is 0. The van der Waals surface area contributed by atoms with E-state index in [1.165, 1.54) is 6.07 Å². The maximum absolute atomic E-state index is 14.4. The molecular formula is C22H17Cl2FN2O. The molecule has 3 aromatic rings. The second-order valence-corrected chi connectivity index (χ2v) is 7.28. The van der Waals surface area contributed by atoms with Gasteiger partial charge in [0.25, 0.3) is 0 Å². The lowest BCUT2D eigenvalue weighted by Crippen LogP contribution is -2.18. The molecule has 142 valence electrons. The highest BCUT2D eigenvalue weighted by molar-refractivity contribution is 6.42. The van der Waals surface area contributed by atoms with Gasteiger partial charge in [-0.15, -0.1) is 0 Å². The molecule has 3 nitrogen and oxygen atoms in total. The molecule has 0 saturated carbocycles. The molecule has 28 heavy (non-hydrogen) atoms. The first-order chi connectivity index (χ1) is 13.6. The highest BCUT2D eigenvalue weighted by atomic mass is 35.5. The molecule has 1 aliphatic heterocycles. The molecule has 3 aromatic carbocycles. The number of nitrogens with zero attached hydrogens (tertiary/aromatic N) is 2. The van der Waals surface area contributed by atoms with Gasteiger partial charge in [-0.3, -0.25) is 5.01 Å². The molecule has 1 atom stereocenters. The minimum absolute atomic E-state index is 0.0993. The second-order valence-electron chi connectivity index (χ2n) is 6.46. The van der Waals surface area contributed by atoms with Crippen LogP contribution in [-0.2, 0) is 0 Å². The van der Waals surface area contributed by atoms with E-state index in [-0.39, 0.29) is 11.9 Å². The van der Waals surface area contributed by atoms with Crippen molar-refractivity contribution in [3.8, 4) is 5.75 Å². The Morgan fingerprint density at radius 2 is 1.75 bits per heavy atom. The minimum Gasteiger partial charge on any atom is -0.497 e. The highest BCUT2D eigenvalue weighted by Gasteiger charge is 2.31. The summed E-state index contributed by atoms with van der Waals surface area (Å²) < 4.78 is 19.6. The van der Waals surface area contributed by atoms with Crippen molar-refractivity contribution in [2.24, 2.45) is 5.10 Å². The smallest absolute Gasteiger partial charge is 0.132 e. The molecule has 4 rings (SSSR count). The van der Waals surface area contributed by atoms with E-state index in [1.807, 2.05) is 41.4 Å². The quantitative estimate of drug-likeness (QED) is 0.486. The van der Waals surface area contributed by atoms with Gasteiger partial charge in [-0.1, -0.05) is 53.5 Å². The Bertz CT molecular complexity index is 1040. The Balaban J connectivity index is 1.77. The Labute approximate surface area is 173 Å². The number of benzene rings is 3. The number of halogens is 3. The third kappa shape index (κ3) is 3.58. The van der Waals surface area contributed by atoms with Gasteiger partial charge in [0, 0.05) is 12.0 Å². The molecule has 0 aliphatic carbocycles. The lowest BCUT2D eigenvalue weighted by molar-refractivity contribution is 0.414. The van der Waals surface area contributed by atoms with E-state index in [1.54, 1.807) is 31.4 Å². The number of ether oxygens (including phenoxy) is 1. The van der Waals surface area contributed by atoms with Crippen molar-refractivity contribution in [3.63, 3.8) is 0 Å². The fraction of sp³-hybridized carbons (Fsp3) is 0.136. The van der Waals surface area contributed by atoms with Crippen molar-refractivity contribution < 1.29 is 9.13 Å². The highest BCUT2D eigenvalue weighted by Crippen LogP contribution is 2.39. The van der Waals surface area contributed by atoms with Gasteiger partial charge in [-0.2, -0.15) is 5.10 Å². The zero-order valence-electron chi connectivity index (χ0n) is 15.1. The Morgan fingerprint density at radius 1 is 1.00 bits per heavy atom. The van der Waals surface area contributed by atoms with Crippen molar-refractivity contribution in [1.29, 1.82) is 0 Å². The number of hydrogen-bond donors (Lipinski definition) is 0. The average molecular weight is 415 g/mol. The second kappa shape index (κ2) is 7.82. The summed E-state index contributed by atoms with van der Waals surface area (Å²) >= 11 is 12.3. The van der Waals surface area contributed by atoms with Crippen LogP contribution in [-0.4, -0.2) is 12.8 Å². The van der Waals surface area contributed by atoms with Crippen LogP contribution in [0.1, 0.15) is 23.6 Å². The molecule has 0 spiro atoms. The van der Waals surface area contributed by atoms with Gasteiger partial charge in [-0.05, 0) is 42.0 Å². The van der Waals surface area contributed by atoms with Gasteiger partial charge < -0.3 is 4.74 Å². The van der Waals surface area contributed by atoms with Gasteiger partial charge in [0.2, 0.25) is 0 Å². The SMILES string of the molecule is COc1ccc([C@@H]2CC(c3ccccc3F)=NN2c2ccc(Cl)c(Cl)c2)cc1. The van der Waals surface area contributed by atoms with Crippen LogP contribution in [0, 0.1) is 5.82 Å². The number of methoxy groups -OCH3 is 1. The largest absolute Gasteiger partial charge is 0.497 e. The number of anilines is 1. The number of hydrogen-bond acceptors (Lipinski definition) is 3. The first-order valence-electron chi connectivity index (χ1n) is 8.77. The van der Waals surface area contributed by atoms with Crippen LogP contribution in [0.15, 0.2) is 71.8 Å². The topological polar surface area (TPSA) is 24.8 Å². The third-order valence-electron chi connectivity index (χ3n) is 4.76. The predicted octanol–water partition coefficient (Wildman–Crippen LogP) is 6.50. The van der Waals surface area contributed by atoms with Gasteiger partial charge in [0.05, 0.1) is 34.6 Å². The van der Waals surface area contributed by atoms with Crippen LogP contribution in [0.25, 0.3) is 0 Å². The van der Waals surface area contributed by atoms with Crippen LogP contribution < -0.4 is 9.75 Å². The summed E-state index contributed by atoms with van der Waals surface area (Å²) in [4.78, 5) is 0. The first-order valence-corrected chi connectivity index (χ1v) is 9.53. The van der Waals surface area contributed by atoms with Crippen molar-refractivity contribution in [1.82, 2.24) is 0 Å². The molecule has 0 fully saturated rings. The van der Waals surface area contributed by atoms with Gasteiger partial charge in [-0.25, -0.2) is 4.39 Å². The molecular weight excluding hydrogens is 398 g/mol. The number of hydrazone groups is 1. The fourth-order valence-corrected chi connectivity index (χ4v) is 3.61. The van der Waals surface area contributed by atoms with Crippen LogP contribution in [0.5, 0.6) is 5.75 Å². The zero-order valence-corrected chi connectivity index (χ0v) is 16.6. The van der Waals surface area contributed by atoms with Gasteiger partial charge >= 0.3 is 0 Å². The summed E-state index contributed by atoms with van der Waals surface area (Å²) in [6, 6.07) is 19.7. The van der Waals surface area contributed by atoms with E-state index in [9.17, 15) is 4.39 Å². The summed E-state index contributed by atoms with van der Waals surface area (Å²) in [5.74, 6) is 0.490. The summed E-state index contributed by atoms with van der Waals surface area (Å²) in [5, 5.41) is 7.53. The van der Waals surface area contributed by atoms with Crippen LogP contribution in [0.2, 0.25) is 10.0 Å². The Hall–Kier alpha value is -2.56. The molecule has 0 unspecified atom stereocenters. The Morgan fingerprint density at radius 3 is 2.43 bits per heavy atom. The van der Waals surface area contributed by atoms with E-state index in [0.29, 0.717) is 27.7 Å². The maximum Gasteiger partial charge on any atom is 0.132 e. The maximum atomic E-state index is 14.4. The van der Waals surface area contributed by atoms with Gasteiger partial charge in [0.15, 0.2) is 0 Å². The molecule has 1 aliphatic rings. The normalized spacial score (nSPS) is 16.2. The molecule has 1 heterocycles. The molecule has 0 bridgehead atoms. The molecule has 0 radical (unpaired) electrons. The fourth-order valence-electron chi connectivity index (χ4n) is 3.32. The van der Waals surface area contributed by atoms with E-state index in [4.69, 9.17) is 33.0 Å². The summed E-state index contributed by atoms with van der Waals surface area (Å²) in [6.07, 6.45) is 0.563. The summed E-state index contributed by atoms with van der Waals surface area (Å²) in [7, 11) is 1.63. The Kier molecular flexibility index (Phi) is 5.25. The number of rotatable bonds is 4. The summed E-state index contributed by atoms with van der Waals surface area (Å²) in [5.41, 5.74) is 3.03. The van der Waals surface area contributed by atoms with Crippen molar-refractivity contribution in [2.75, 3.05) is 12.1 Å². The molecule has 0 saturated heterocycles. The molecule has 0 N–H and O–H groups in total. The van der Waals surface area contributed by atoms with E-state index in [2.05, 4.69) is 0 Å². The van der Waals surface area contributed by atoms with Crippen LogP contribution in [0.4, 0.5) is 10.1 Å². The predicted molar refractivity (Wildman–Crippen MR) is 112 cm³/mol. The zero-order chi connectivity index (χ0) is 19.7. The van der Waals surface area contributed by atoms with Crippen molar-refractivity contribution >= 4 is 34.6 Å². The standard InChI is InChI=1S/C22H17Cl2FN2O/c1-28-16-9-6-14(7-10-16)22-13-21(17-4-2-3-5-20(17)25)26-27(22)15-8-11-18(23)19(24)12-15/h2-12,22H,13H2,1H3/t22-/m0/s1. The van der Waals surface area contributed by atoms with Crippen molar-refractivity contribution in [3.05, 3.63) is 93.7 Å². The third-order valence-corrected chi connectivity index (χ3v) is 5.50. The van der Waals surface area contributed by atoms with Crippen molar-refractivity contribution in [2.45, 2.75) is 12.5 Å². The molecule has 0 amide bonds. The van der Waals surface area contributed by atoms with Crippen LogP contribution in [0.3, 0.4) is 0 Å². The average Bonchev–Trinajstić information content (AvgIpc) is 3.15. The van der Waals surface area contributed by atoms with E-state index >= 15 is 0 Å². The molecule has 6 heteroatoms. The lowest BCUT2D eigenvalue weighted by Gasteiger charge is -2.24.